The van der Waals surface area contributed by atoms with Crippen LogP contribution in [-0.2, 0) is 6.42 Å². The first-order valence-corrected chi connectivity index (χ1v) is 5.23. The zero-order valence-electron chi connectivity index (χ0n) is 8.22. The molecule has 70 valence electrons. The Bertz CT molecular complexity index is 280. The van der Waals surface area contributed by atoms with Gasteiger partial charge >= 0.3 is 0 Å². The number of fused-ring (bicyclic) bond motifs is 1. The summed E-state index contributed by atoms with van der Waals surface area (Å²) in [5, 5.41) is 3.59. The topological polar surface area (TPSA) is 12.0 Å². The molecule has 0 fully saturated rings. The quantitative estimate of drug-likeness (QED) is 0.744. The van der Waals surface area contributed by atoms with Crippen molar-refractivity contribution in [3.63, 3.8) is 0 Å². The first kappa shape index (κ1) is 8.76. The van der Waals surface area contributed by atoms with Gasteiger partial charge in [-0.1, -0.05) is 31.2 Å². The molecule has 0 aliphatic heterocycles. The highest BCUT2D eigenvalue weighted by Gasteiger charge is 2.20. The summed E-state index contributed by atoms with van der Waals surface area (Å²) in [6.07, 6.45) is 3.75. The Kier molecular flexibility index (Phi) is 2.65. The van der Waals surface area contributed by atoms with Gasteiger partial charge in [-0.15, -0.1) is 0 Å². The first-order chi connectivity index (χ1) is 6.42. The minimum atomic E-state index is 0.621. The smallest absolute Gasteiger partial charge is 0.0326 e. The summed E-state index contributed by atoms with van der Waals surface area (Å²) in [6, 6.07) is 9.42. The molecule has 2 rings (SSSR count). The number of hydrogen-bond acceptors (Lipinski definition) is 1. The maximum Gasteiger partial charge on any atom is 0.0326 e. The maximum atomic E-state index is 3.59. The van der Waals surface area contributed by atoms with E-state index in [4.69, 9.17) is 0 Å². The van der Waals surface area contributed by atoms with Crippen LogP contribution < -0.4 is 5.32 Å². The normalized spacial score (nSPS) is 20.2. The van der Waals surface area contributed by atoms with E-state index in [9.17, 15) is 0 Å². The summed E-state index contributed by atoms with van der Waals surface area (Å²) in [5.74, 6) is 0. The van der Waals surface area contributed by atoms with Crippen molar-refractivity contribution in [3.05, 3.63) is 35.4 Å². The lowest BCUT2D eigenvalue weighted by Gasteiger charge is -2.12. The summed E-state index contributed by atoms with van der Waals surface area (Å²) in [7, 11) is 0. The average Bonchev–Trinajstić information content (AvgIpc) is 2.58. The Balaban J connectivity index is 2.09. The molecule has 0 unspecified atom stereocenters. The maximum absolute atomic E-state index is 3.59. The van der Waals surface area contributed by atoms with Crippen molar-refractivity contribution in [2.45, 2.75) is 32.2 Å². The molecule has 0 radical (unpaired) electrons. The van der Waals surface area contributed by atoms with E-state index in [1.807, 2.05) is 0 Å². The minimum Gasteiger partial charge on any atom is -0.310 e. The van der Waals surface area contributed by atoms with Gasteiger partial charge in [0.05, 0.1) is 0 Å². The second-order valence-corrected chi connectivity index (χ2v) is 3.74. The van der Waals surface area contributed by atoms with E-state index in [0.717, 1.165) is 6.54 Å². The summed E-state index contributed by atoms with van der Waals surface area (Å²) in [5.41, 5.74) is 3.06. The minimum absolute atomic E-state index is 0.621. The van der Waals surface area contributed by atoms with E-state index in [2.05, 4.69) is 36.5 Å². The lowest BCUT2D eigenvalue weighted by molar-refractivity contribution is 0.529. The average molecular weight is 175 g/mol. The Morgan fingerprint density at radius 2 is 2.23 bits per heavy atom. The zero-order valence-corrected chi connectivity index (χ0v) is 8.22. The number of rotatable bonds is 3. The van der Waals surface area contributed by atoms with Crippen molar-refractivity contribution < 1.29 is 0 Å². The Morgan fingerprint density at radius 1 is 1.38 bits per heavy atom. The molecule has 0 aromatic heterocycles. The first-order valence-electron chi connectivity index (χ1n) is 5.23. The van der Waals surface area contributed by atoms with Gasteiger partial charge in [-0.2, -0.15) is 0 Å². The van der Waals surface area contributed by atoms with Crippen LogP contribution in [0.1, 0.15) is 36.9 Å². The van der Waals surface area contributed by atoms with Crippen molar-refractivity contribution in [2.24, 2.45) is 0 Å². The van der Waals surface area contributed by atoms with Crippen molar-refractivity contribution in [1.82, 2.24) is 5.32 Å². The highest BCUT2D eigenvalue weighted by molar-refractivity contribution is 5.34. The lowest BCUT2D eigenvalue weighted by atomic mass is 10.1. The van der Waals surface area contributed by atoms with Gasteiger partial charge in [-0.3, -0.25) is 0 Å². The van der Waals surface area contributed by atoms with Crippen molar-refractivity contribution in [2.75, 3.05) is 6.54 Å². The molecule has 1 aromatic carbocycles. The molecule has 1 nitrogen and oxygen atoms in total. The molecule has 1 aromatic rings. The highest BCUT2D eigenvalue weighted by Crippen LogP contribution is 2.30. The largest absolute Gasteiger partial charge is 0.310 e. The fourth-order valence-corrected chi connectivity index (χ4v) is 2.09. The van der Waals surface area contributed by atoms with Gasteiger partial charge in [0.2, 0.25) is 0 Å². The van der Waals surface area contributed by atoms with Crippen LogP contribution in [0, 0.1) is 0 Å². The molecule has 13 heavy (non-hydrogen) atoms. The van der Waals surface area contributed by atoms with E-state index >= 15 is 0 Å². The second-order valence-electron chi connectivity index (χ2n) is 3.74. The molecule has 0 saturated heterocycles. The van der Waals surface area contributed by atoms with Gasteiger partial charge < -0.3 is 5.32 Å². The molecule has 0 saturated carbocycles. The van der Waals surface area contributed by atoms with E-state index in [1.54, 1.807) is 0 Å². The van der Waals surface area contributed by atoms with E-state index in [1.165, 1.54) is 30.4 Å². The number of aryl methyl sites for hydroxylation is 1. The Morgan fingerprint density at radius 3 is 3.08 bits per heavy atom. The molecule has 0 spiro atoms. The molecular formula is C12H17N. The molecule has 0 heterocycles. The summed E-state index contributed by atoms with van der Waals surface area (Å²) in [6.45, 7) is 3.35. The van der Waals surface area contributed by atoms with Crippen LogP contribution >= 0.6 is 0 Å². The lowest BCUT2D eigenvalue weighted by Crippen LogP contribution is -2.19. The van der Waals surface area contributed by atoms with Crippen LogP contribution in [0.2, 0.25) is 0 Å². The van der Waals surface area contributed by atoms with E-state index in [-0.39, 0.29) is 0 Å². The third-order valence-electron chi connectivity index (χ3n) is 2.77. The van der Waals surface area contributed by atoms with Crippen molar-refractivity contribution >= 4 is 0 Å². The molecule has 1 aliphatic rings. The summed E-state index contributed by atoms with van der Waals surface area (Å²) < 4.78 is 0. The Labute approximate surface area is 80.2 Å². The second kappa shape index (κ2) is 3.93. The van der Waals surface area contributed by atoms with Gasteiger partial charge in [0.15, 0.2) is 0 Å². The van der Waals surface area contributed by atoms with Crippen LogP contribution in [0.4, 0.5) is 0 Å². The van der Waals surface area contributed by atoms with Crippen LogP contribution in [0.15, 0.2) is 24.3 Å². The van der Waals surface area contributed by atoms with E-state index in [0.29, 0.717) is 6.04 Å². The predicted octanol–water partition coefficient (Wildman–Crippen LogP) is 2.67. The van der Waals surface area contributed by atoms with Crippen LogP contribution in [0.5, 0.6) is 0 Å². The molecule has 0 amide bonds. The van der Waals surface area contributed by atoms with Gasteiger partial charge in [-0.05, 0) is 36.9 Å². The molecule has 1 N–H and O–H groups in total. The van der Waals surface area contributed by atoms with Gasteiger partial charge in [0.25, 0.3) is 0 Å². The molecule has 1 aliphatic carbocycles. The third kappa shape index (κ3) is 1.75. The molecule has 0 bridgehead atoms. The molecular weight excluding hydrogens is 158 g/mol. The zero-order chi connectivity index (χ0) is 9.10. The van der Waals surface area contributed by atoms with E-state index < -0.39 is 0 Å². The Hall–Kier alpha value is -0.820. The predicted molar refractivity (Wildman–Crippen MR) is 55.8 cm³/mol. The van der Waals surface area contributed by atoms with Crippen LogP contribution in [-0.4, -0.2) is 6.54 Å². The summed E-state index contributed by atoms with van der Waals surface area (Å²) in [4.78, 5) is 0. The van der Waals surface area contributed by atoms with Gasteiger partial charge in [0.1, 0.15) is 0 Å². The fourth-order valence-electron chi connectivity index (χ4n) is 2.09. The molecule has 1 heteroatoms. The van der Waals surface area contributed by atoms with Crippen molar-refractivity contribution in [3.8, 4) is 0 Å². The van der Waals surface area contributed by atoms with Gasteiger partial charge in [-0.25, -0.2) is 0 Å². The van der Waals surface area contributed by atoms with Crippen LogP contribution in [0.25, 0.3) is 0 Å². The number of benzene rings is 1. The summed E-state index contributed by atoms with van der Waals surface area (Å²) >= 11 is 0. The number of nitrogens with one attached hydrogen (secondary N) is 1. The SMILES string of the molecule is CCCN[C@H]1CCc2ccccc21. The monoisotopic (exact) mass is 175 g/mol. The van der Waals surface area contributed by atoms with Crippen molar-refractivity contribution in [1.29, 1.82) is 0 Å². The van der Waals surface area contributed by atoms with Crippen LogP contribution in [0.3, 0.4) is 0 Å². The third-order valence-corrected chi connectivity index (χ3v) is 2.77. The fraction of sp³-hybridized carbons (Fsp3) is 0.500. The highest BCUT2D eigenvalue weighted by atomic mass is 14.9. The molecule has 1 atom stereocenters. The standard InChI is InChI=1S/C12H17N/c1-2-9-13-12-8-7-10-5-3-4-6-11(10)12/h3-6,12-13H,2,7-9H2,1H3/t12-/m0/s1. The van der Waals surface area contributed by atoms with Gasteiger partial charge in [0, 0.05) is 6.04 Å². The number of hydrogen-bond donors (Lipinski definition) is 1.